The number of benzene rings is 5. The summed E-state index contributed by atoms with van der Waals surface area (Å²) in [4.78, 5) is 55.5. The molecule has 5 aromatic carbocycles. The van der Waals surface area contributed by atoms with E-state index in [1.54, 1.807) is 10.6 Å². The number of nitrogens with zero attached hydrogens (tertiary/aromatic N) is 2. The molecule has 7 aromatic rings. The molecule has 63 heavy (non-hydrogen) atoms. The second-order valence-electron chi connectivity index (χ2n) is 15.6. The number of carbonyl (C=O) groups excluding carboxylic acids is 3. The number of fused-ring (bicyclic) bond motifs is 10. The second-order valence-corrected chi connectivity index (χ2v) is 15.6. The zero-order chi connectivity index (χ0) is 43.8. The van der Waals surface area contributed by atoms with E-state index in [4.69, 9.17) is 19.2 Å². The van der Waals surface area contributed by atoms with E-state index >= 15 is 0 Å². The van der Waals surface area contributed by atoms with Crippen LogP contribution in [0.2, 0.25) is 0 Å². The lowest BCUT2D eigenvalue weighted by molar-refractivity contribution is -0.157. The van der Waals surface area contributed by atoms with Gasteiger partial charge in [-0.25, -0.2) is 14.6 Å². The number of pyridine rings is 2. The normalized spacial score (nSPS) is 14.4. The number of cyclic esters (lactones) is 1. The van der Waals surface area contributed by atoms with E-state index in [-0.39, 0.29) is 49.4 Å². The van der Waals surface area contributed by atoms with Gasteiger partial charge in [-0.3, -0.25) is 9.59 Å². The first-order valence-electron chi connectivity index (χ1n) is 21.2. The zero-order valence-electron chi connectivity index (χ0n) is 35.2. The minimum Gasteiger partial charge on any atom is -0.458 e. The smallest absolute Gasteiger partial charge is 0.407 e. The topological polar surface area (TPSA) is 158 Å². The molecule has 0 saturated carbocycles. The van der Waals surface area contributed by atoms with Crippen LogP contribution in [-0.4, -0.2) is 59.1 Å². The van der Waals surface area contributed by atoms with Crippen LogP contribution in [0.15, 0.2) is 114 Å². The molecule has 0 spiro atoms. The second kappa shape index (κ2) is 17.3. The Morgan fingerprint density at radius 3 is 2.29 bits per heavy atom. The van der Waals surface area contributed by atoms with Crippen LogP contribution >= 0.6 is 0 Å². The lowest BCUT2D eigenvalue weighted by Crippen LogP contribution is -2.38. The van der Waals surface area contributed by atoms with Crippen molar-refractivity contribution in [2.45, 2.75) is 52.4 Å². The van der Waals surface area contributed by atoms with E-state index in [2.05, 4.69) is 84.3 Å². The monoisotopic (exact) mass is 842 g/mol. The predicted octanol–water partition coefficient (Wildman–Crippen LogP) is 7.84. The highest BCUT2D eigenvalue weighted by atomic mass is 16.6. The van der Waals surface area contributed by atoms with Crippen molar-refractivity contribution in [2.75, 3.05) is 26.5 Å². The molecule has 0 saturated heterocycles. The molecule has 1 unspecified atom stereocenters. The van der Waals surface area contributed by atoms with E-state index in [9.17, 15) is 24.3 Å². The van der Waals surface area contributed by atoms with Crippen molar-refractivity contribution >= 4 is 39.6 Å². The number of aliphatic hydroxyl groups excluding tert-OH is 1. The maximum Gasteiger partial charge on any atom is 0.407 e. The van der Waals surface area contributed by atoms with E-state index in [0.29, 0.717) is 36.5 Å². The Balaban J connectivity index is 0.00000249. The average molecular weight is 843 g/mol. The van der Waals surface area contributed by atoms with Gasteiger partial charge in [0.2, 0.25) is 5.91 Å². The molecule has 1 atom stereocenters. The highest BCUT2D eigenvalue weighted by molar-refractivity contribution is 6.10. The molecule has 4 heterocycles. The number of nitrogens with one attached hydrogen (secondary N) is 2. The standard InChI is InChI=1S/C49H40N4O8.C2H6/c1-27-38-23-53-42(21-37-40(47(53)56)25-60-48(57)46(37)55)45(38)52-41-17-16-30-14-15-31(20-36(30)44(27)41)29-12-10-28(11-13-29)18-19-59-26-51-43(54)22-50-49(58)61-24-39-34-8-4-2-6-32(34)33-7-3-5-9-35(33)39;1-2/h2-17,20-21,39,46,55H,18-19,22-26H2,1H3,(H,50,58)(H,51,54);1-2H3. The number of esters is 1. The van der Waals surface area contributed by atoms with Crippen LogP contribution in [0.5, 0.6) is 0 Å². The van der Waals surface area contributed by atoms with Crippen LogP contribution in [0.3, 0.4) is 0 Å². The van der Waals surface area contributed by atoms with Crippen molar-refractivity contribution in [1.29, 1.82) is 0 Å². The largest absolute Gasteiger partial charge is 0.458 e. The number of aliphatic hydroxyl groups is 1. The fraction of sp³-hybridized carbons (Fsp3) is 0.235. The zero-order valence-corrected chi connectivity index (χ0v) is 35.2. The maximum absolute atomic E-state index is 13.5. The minimum absolute atomic E-state index is 0.00973. The number of alkyl carbamates (subject to hydrolysis) is 1. The van der Waals surface area contributed by atoms with Crippen LogP contribution < -0.4 is 16.2 Å². The van der Waals surface area contributed by atoms with Gasteiger partial charge in [-0.2, -0.15) is 0 Å². The molecule has 1 aliphatic carbocycles. The van der Waals surface area contributed by atoms with E-state index in [1.165, 1.54) is 0 Å². The molecule has 3 aliphatic rings. The SMILES string of the molecule is CC.Cc1c2c(nc3ccc4ccc(-c5ccc(CCOCNC(=O)CNC(=O)OCC6c7ccccc7-c7ccccc76)cc5)cc4c13)-c1cc3c(c(=O)n1C2)COC(=O)C3O. The molecule has 0 radical (unpaired) electrons. The predicted molar refractivity (Wildman–Crippen MR) is 240 cm³/mol. The Labute approximate surface area is 363 Å². The highest BCUT2D eigenvalue weighted by Gasteiger charge is 2.35. The quantitative estimate of drug-likeness (QED) is 0.0540. The minimum atomic E-state index is -1.50. The third-order valence-electron chi connectivity index (χ3n) is 12.1. The lowest BCUT2D eigenvalue weighted by atomic mass is 9.94. The summed E-state index contributed by atoms with van der Waals surface area (Å²) >= 11 is 0. The summed E-state index contributed by atoms with van der Waals surface area (Å²) in [6.07, 6.45) is -1.51. The Bertz CT molecular complexity index is 2970. The fourth-order valence-electron chi connectivity index (χ4n) is 8.98. The molecule has 3 N–H and O–H groups in total. The summed E-state index contributed by atoms with van der Waals surface area (Å²) in [6.45, 7) is 6.58. The summed E-state index contributed by atoms with van der Waals surface area (Å²) in [7, 11) is 0. The van der Waals surface area contributed by atoms with Gasteiger partial charge in [0.15, 0.2) is 6.10 Å². The third kappa shape index (κ3) is 7.61. The van der Waals surface area contributed by atoms with Crippen molar-refractivity contribution in [3.05, 3.63) is 158 Å². The molecular formula is C51H46N4O8. The summed E-state index contributed by atoms with van der Waals surface area (Å²) in [5, 5.41) is 18.8. The fourth-order valence-corrected chi connectivity index (χ4v) is 8.98. The lowest BCUT2D eigenvalue weighted by Gasteiger charge is -2.21. The maximum atomic E-state index is 13.5. The Kier molecular flexibility index (Phi) is 11.3. The van der Waals surface area contributed by atoms with Gasteiger partial charge < -0.3 is 34.5 Å². The molecule has 0 fully saturated rings. The van der Waals surface area contributed by atoms with Crippen LogP contribution in [0.25, 0.3) is 55.3 Å². The van der Waals surface area contributed by atoms with Gasteiger partial charge in [-0.1, -0.05) is 105 Å². The molecule has 12 nitrogen and oxygen atoms in total. The Morgan fingerprint density at radius 1 is 0.841 bits per heavy atom. The van der Waals surface area contributed by atoms with Gasteiger partial charge in [0, 0.05) is 22.4 Å². The summed E-state index contributed by atoms with van der Waals surface area (Å²) < 4.78 is 17.9. The van der Waals surface area contributed by atoms with Gasteiger partial charge in [0.25, 0.3) is 5.56 Å². The van der Waals surface area contributed by atoms with Crippen LogP contribution in [0.1, 0.15) is 64.8 Å². The van der Waals surface area contributed by atoms with Crippen molar-refractivity contribution in [2.24, 2.45) is 0 Å². The van der Waals surface area contributed by atoms with E-state index in [1.807, 2.05) is 50.2 Å². The third-order valence-corrected chi connectivity index (χ3v) is 12.1. The van der Waals surface area contributed by atoms with Gasteiger partial charge in [-0.05, 0) is 86.8 Å². The van der Waals surface area contributed by atoms with Crippen molar-refractivity contribution < 1.29 is 33.7 Å². The molecule has 10 rings (SSSR count). The molecule has 2 amide bonds. The first-order chi connectivity index (χ1) is 30.7. The number of aryl methyl sites for hydroxylation is 1. The Hall–Kier alpha value is -7.15. The number of amides is 2. The number of aromatic nitrogens is 2. The number of carbonyl (C=O) groups is 3. The van der Waals surface area contributed by atoms with Crippen molar-refractivity contribution in [1.82, 2.24) is 20.2 Å². The summed E-state index contributed by atoms with van der Waals surface area (Å²) in [6, 6.07) is 36.6. The number of rotatable bonds is 10. The molecular weight excluding hydrogens is 797 g/mol. The number of hydrogen-bond donors (Lipinski definition) is 3. The summed E-state index contributed by atoms with van der Waals surface area (Å²) in [5.74, 6) is -1.21. The molecule has 318 valence electrons. The summed E-state index contributed by atoms with van der Waals surface area (Å²) in [5.41, 5.74) is 12.0. The van der Waals surface area contributed by atoms with Gasteiger partial charge >= 0.3 is 12.1 Å². The molecule has 12 heteroatoms. The van der Waals surface area contributed by atoms with Crippen LogP contribution in [0.4, 0.5) is 4.79 Å². The van der Waals surface area contributed by atoms with Gasteiger partial charge in [-0.15, -0.1) is 0 Å². The van der Waals surface area contributed by atoms with Crippen molar-refractivity contribution in [3.8, 4) is 33.6 Å². The van der Waals surface area contributed by atoms with Gasteiger partial charge in [0.1, 0.15) is 26.5 Å². The molecule has 0 bridgehead atoms. The number of hydrogen-bond acceptors (Lipinski definition) is 9. The molecule has 2 aliphatic heterocycles. The molecule has 2 aromatic heterocycles. The van der Waals surface area contributed by atoms with Crippen molar-refractivity contribution in [3.63, 3.8) is 0 Å². The van der Waals surface area contributed by atoms with E-state index < -0.39 is 18.2 Å². The first-order valence-corrected chi connectivity index (χ1v) is 21.2. The highest BCUT2D eigenvalue weighted by Crippen LogP contribution is 2.45. The number of ether oxygens (including phenoxy) is 3. The van der Waals surface area contributed by atoms with Crippen LogP contribution in [0, 0.1) is 6.92 Å². The Morgan fingerprint density at radius 2 is 1.54 bits per heavy atom. The first kappa shape index (κ1) is 41.2. The van der Waals surface area contributed by atoms with E-state index in [0.717, 1.165) is 71.7 Å². The van der Waals surface area contributed by atoms with Crippen LogP contribution in [-0.2, 0) is 43.4 Å². The average Bonchev–Trinajstić information content (AvgIpc) is 3.85. The van der Waals surface area contributed by atoms with Gasteiger partial charge in [0.05, 0.1) is 35.6 Å².